The van der Waals surface area contributed by atoms with Crippen molar-refractivity contribution in [2.45, 2.75) is 25.4 Å². The van der Waals surface area contributed by atoms with Crippen LogP contribution in [0, 0.1) is 0 Å². The topological polar surface area (TPSA) is 53.7 Å². The van der Waals surface area contributed by atoms with Crippen LogP contribution in [0.4, 0.5) is 5.69 Å². The maximum atomic E-state index is 5.96. The first kappa shape index (κ1) is 15.1. The van der Waals surface area contributed by atoms with Crippen LogP contribution in [0.25, 0.3) is 6.08 Å². The third-order valence-corrected chi connectivity index (χ3v) is 4.48. The lowest BCUT2D eigenvalue weighted by Gasteiger charge is -2.14. The predicted molar refractivity (Wildman–Crippen MR) is 94.1 cm³/mol. The number of nitrogen functional groups attached to an aromatic ring is 1. The second-order valence-electron chi connectivity index (χ2n) is 6.18. The highest BCUT2D eigenvalue weighted by atomic mass is 16.7. The average molecular weight is 323 g/mol. The van der Waals surface area contributed by atoms with Gasteiger partial charge in [0.25, 0.3) is 0 Å². The van der Waals surface area contributed by atoms with Gasteiger partial charge in [0.15, 0.2) is 11.5 Å². The highest BCUT2D eigenvalue weighted by Crippen LogP contribution is 2.34. The molecule has 0 saturated carbocycles. The molecule has 0 spiro atoms. The summed E-state index contributed by atoms with van der Waals surface area (Å²) in [6, 6.07) is 12.1. The van der Waals surface area contributed by atoms with Crippen LogP contribution in [0.2, 0.25) is 0 Å². The lowest BCUT2D eigenvalue weighted by atomic mass is 9.98. The molecule has 2 aliphatic rings. The van der Waals surface area contributed by atoms with Crippen LogP contribution < -0.4 is 15.2 Å². The number of hydrogen-bond acceptors (Lipinski definition) is 4. The zero-order valence-corrected chi connectivity index (χ0v) is 13.5. The van der Waals surface area contributed by atoms with Crippen molar-refractivity contribution in [3.05, 3.63) is 59.2 Å². The fraction of sp³-hybridized carbons (Fsp3) is 0.300. The van der Waals surface area contributed by atoms with Crippen LogP contribution in [0.3, 0.4) is 0 Å². The first-order chi connectivity index (χ1) is 11.8. The van der Waals surface area contributed by atoms with E-state index in [1.165, 1.54) is 16.7 Å². The van der Waals surface area contributed by atoms with E-state index in [9.17, 15) is 0 Å². The van der Waals surface area contributed by atoms with Crippen molar-refractivity contribution >= 4 is 11.8 Å². The summed E-state index contributed by atoms with van der Waals surface area (Å²) in [5.41, 5.74) is 10.3. The molecule has 1 unspecified atom stereocenters. The van der Waals surface area contributed by atoms with Crippen LogP contribution in [-0.2, 0) is 11.2 Å². The smallest absolute Gasteiger partial charge is 0.231 e. The van der Waals surface area contributed by atoms with Crippen molar-refractivity contribution in [2.24, 2.45) is 0 Å². The van der Waals surface area contributed by atoms with E-state index in [-0.39, 0.29) is 6.10 Å². The SMILES string of the molecule is Nc1ccc(/C=C/Cc2ccc3c(c2)OCO3)c(C2CCCO2)c1. The molecule has 1 atom stereocenters. The normalized spacial score (nSPS) is 19.2. The Hall–Kier alpha value is -2.46. The highest BCUT2D eigenvalue weighted by Gasteiger charge is 2.20. The van der Waals surface area contributed by atoms with E-state index in [2.05, 4.69) is 24.3 Å². The Bertz CT molecular complexity index is 763. The van der Waals surface area contributed by atoms with Crippen molar-refractivity contribution < 1.29 is 14.2 Å². The van der Waals surface area contributed by atoms with Crippen LogP contribution >= 0.6 is 0 Å². The van der Waals surface area contributed by atoms with Crippen molar-refractivity contribution in [1.29, 1.82) is 0 Å². The number of benzene rings is 2. The number of anilines is 1. The minimum absolute atomic E-state index is 0.165. The first-order valence-corrected chi connectivity index (χ1v) is 8.36. The number of ether oxygens (including phenoxy) is 3. The average Bonchev–Trinajstić information content (AvgIpc) is 3.27. The number of rotatable bonds is 4. The number of nitrogens with two attached hydrogens (primary N) is 1. The molecule has 4 rings (SSSR count). The second kappa shape index (κ2) is 6.57. The molecule has 2 aliphatic heterocycles. The van der Waals surface area contributed by atoms with Gasteiger partial charge in [0.05, 0.1) is 6.10 Å². The monoisotopic (exact) mass is 323 g/mol. The minimum Gasteiger partial charge on any atom is -0.454 e. The van der Waals surface area contributed by atoms with E-state index >= 15 is 0 Å². The summed E-state index contributed by atoms with van der Waals surface area (Å²) in [6.07, 6.45) is 7.50. The Morgan fingerprint density at radius 2 is 2.00 bits per heavy atom. The van der Waals surface area contributed by atoms with Gasteiger partial charge in [0.2, 0.25) is 6.79 Å². The van der Waals surface area contributed by atoms with E-state index in [1.807, 2.05) is 24.3 Å². The van der Waals surface area contributed by atoms with Crippen LogP contribution in [0.5, 0.6) is 11.5 Å². The Kier molecular flexibility index (Phi) is 4.13. The molecule has 1 saturated heterocycles. The van der Waals surface area contributed by atoms with Gasteiger partial charge < -0.3 is 19.9 Å². The number of hydrogen-bond donors (Lipinski definition) is 1. The Morgan fingerprint density at radius 1 is 1.08 bits per heavy atom. The third-order valence-electron chi connectivity index (χ3n) is 4.48. The minimum atomic E-state index is 0.165. The molecule has 0 bridgehead atoms. The van der Waals surface area contributed by atoms with E-state index in [0.29, 0.717) is 6.79 Å². The molecule has 1 fully saturated rings. The maximum absolute atomic E-state index is 5.96. The fourth-order valence-corrected chi connectivity index (χ4v) is 3.24. The Morgan fingerprint density at radius 3 is 2.88 bits per heavy atom. The van der Waals surface area contributed by atoms with E-state index < -0.39 is 0 Å². The molecule has 4 heteroatoms. The first-order valence-electron chi connectivity index (χ1n) is 8.36. The molecule has 4 nitrogen and oxygen atoms in total. The molecule has 0 aromatic heterocycles. The number of allylic oxidation sites excluding steroid dienone is 1. The standard InChI is InChI=1S/C20H21NO3/c21-16-8-7-15(17(12-16)18-5-2-10-22-18)4-1-3-14-6-9-19-20(11-14)24-13-23-19/h1,4,6-9,11-12,18H,2-3,5,10,13,21H2/b4-1+. The lowest BCUT2D eigenvalue weighted by molar-refractivity contribution is 0.112. The molecule has 124 valence electrons. The summed E-state index contributed by atoms with van der Waals surface area (Å²) in [5.74, 6) is 1.65. The van der Waals surface area contributed by atoms with Crippen molar-refractivity contribution in [2.75, 3.05) is 19.1 Å². The molecule has 0 aliphatic carbocycles. The van der Waals surface area contributed by atoms with Gasteiger partial charge in [0, 0.05) is 12.3 Å². The largest absolute Gasteiger partial charge is 0.454 e. The van der Waals surface area contributed by atoms with E-state index in [4.69, 9.17) is 19.9 Å². The quantitative estimate of drug-likeness (QED) is 0.861. The van der Waals surface area contributed by atoms with Gasteiger partial charge in [-0.25, -0.2) is 0 Å². The molecular formula is C20H21NO3. The van der Waals surface area contributed by atoms with E-state index in [0.717, 1.165) is 43.1 Å². The fourth-order valence-electron chi connectivity index (χ4n) is 3.24. The van der Waals surface area contributed by atoms with E-state index in [1.54, 1.807) is 0 Å². The molecule has 2 heterocycles. The summed E-state index contributed by atoms with van der Waals surface area (Å²) in [6.45, 7) is 1.14. The third kappa shape index (κ3) is 3.10. The highest BCUT2D eigenvalue weighted by molar-refractivity contribution is 5.59. The summed E-state index contributed by atoms with van der Waals surface area (Å²) in [5, 5.41) is 0. The molecule has 2 N–H and O–H groups in total. The van der Waals surface area contributed by atoms with Crippen molar-refractivity contribution in [3.8, 4) is 11.5 Å². The molecule has 0 radical (unpaired) electrons. The Labute approximate surface area is 141 Å². The summed E-state index contributed by atoms with van der Waals surface area (Å²) < 4.78 is 16.6. The number of fused-ring (bicyclic) bond motifs is 1. The van der Waals surface area contributed by atoms with Gasteiger partial charge in [-0.3, -0.25) is 0 Å². The maximum Gasteiger partial charge on any atom is 0.231 e. The van der Waals surface area contributed by atoms with Crippen LogP contribution in [0.1, 0.15) is 35.6 Å². The summed E-state index contributed by atoms with van der Waals surface area (Å²) in [4.78, 5) is 0. The van der Waals surface area contributed by atoms with Gasteiger partial charge in [-0.15, -0.1) is 0 Å². The summed E-state index contributed by atoms with van der Waals surface area (Å²) in [7, 11) is 0. The zero-order valence-electron chi connectivity index (χ0n) is 13.5. The van der Waals surface area contributed by atoms with Gasteiger partial charge in [0.1, 0.15) is 0 Å². The summed E-state index contributed by atoms with van der Waals surface area (Å²) >= 11 is 0. The molecule has 2 aromatic rings. The molecule has 2 aromatic carbocycles. The van der Waals surface area contributed by atoms with Gasteiger partial charge in [-0.2, -0.15) is 0 Å². The van der Waals surface area contributed by atoms with Crippen LogP contribution in [0.15, 0.2) is 42.5 Å². The molecular weight excluding hydrogens is 302 g/mol. The molecule has 0 amide bonds. The predicted octanol–water partition coefficient (Wildman–Crippen LogP) is 4.10. The molecule has 24 heavy (non-hydrogen) atoms. The Balaban J connectivity index is 1.51. The van der Waals surface area contributed by atoms with Gasteiger partial charge in [-0.1, -0.05) is 24.3 Å². The zero-order chi connectivity index (χ0) is 16.4. The van der Waals surface area contributed by atoms with Crippen LogP contribution in [-0.4, -0.2) is 13.4 Å². The van der Waals surface area contributed by atoms with Crippen molar-refractivity contribution in [3.63, 3.8) is 0 Å². The van der Waals surface area contributed by atoms with Gasteiger partial charge >= 0.3 is 0 Å². The lowest BCUT2D eigenvalue weighted by Crippen LogP contribution is -2.00. The van der Waals surface area contributed by atoms with Gasteiger partial charge in [-0.05, 0) is 60.2 Å². The second-order valence-corrected chi connectivity index (χ2v) is 6.18. The van der Waals surface area contributed by atoms with Crippen molar-refractivity contribution in [1.82, 2.24) is 0 Å².